The monoisotopic (exact) mass is 447 g/mol. The van der Waals surface area contributed by atoms with Crippen LogP contribution in [0.2, 0.25) is 0 Å². The second-order valence-corrected chi connectivity index (χ2v) is 7.32. The maximum absolute atomic E-state index is 12.4. The molecule has 0 radical (unpaired) electrons. The SMILES string of the molecule is CCC(=O)Nc1cccc(NC(=O)CNc2ccc(OCCOc3ccccc3)cc2)c1C. The van der Waals surface area contributed by atoms with Crippen molar-refractivity contribution < 1.29 is 19.1 Å². The molecule has 0 spiro atoms. The summed E-state index contributed by atoms with van der Waals surface area (Å²) in [5, 5.41) is 8.81. The van der Waals surface area contributed by atoms with E-state index in [2.05, 4.69) is 16.0 Å². The van der Waals surface area contributed by atoms with Crippen LogP contribution in [0, 0.1) is 6.92 Å². The summed E-state index contributed by atoms with van der Waals surface area (Å²) < 4.78 is 11.3. The fraction of sp³-hybridized carbons (Fsp3) is 0.231. The average Bonchev–Trinajstić information content (AvgIpc) is 2.84. The lowest BCUT2D eigenvalue weighted by molar-refractivity contribution is -0.116. The summed E-state index contributed by atoms with van der Waals surface area (Å²) in [6.45, 7) is 4.64. The molecule has 0 aliphatic carbocycles. The second kappa shape index (κ2) is 12.1. The van der Waals surface area contributed by atoms with Crippen LogP contribution in [0.4, 0.5) is 17.1 Å². The molecule has 0 fully saturated rings. The van der Waals surface area contributed by atoms with Crippen LogP contribution in [-0.4, -0.2) is 31.6 Å². The van der Waals surface area contributed by atoms with Crippen molar-refractivity contribution in [1.29, 1.82) is 0 Å². The third kappa shape index (κ3) is 7.57. The van der Waals surface area contributed by atoms with Crippen molar-refractivity contribution in [2.24, 2.45) is 0 Å². The number of rotatable bonds is 11. The minimum atomic E-state index is -0.185. The first-order valence-electron chi connectivity index (χ1n) is 10.9. The van der Waals surface area contributed by atoms with Crippen molar-refractivity contribution in [3.63, 3.8) is 0 Å². The third-order valence-corrected chi connectivity index (χ3v) is 4.87. The van der Waals surface area contributed by atoms with Crippen molar-refractivity contribution >= 4 is 28.9 Å². The molecule has 0 heterocycles. The Morgan fingerprint density at radius 2 is 1.30 bits per heavy atom. The number of carbonyl (C=O) groups is 2. The molecule has 0 saturated heterocycles. The molecule has 0 atom stereocenters. The molecular weight excluding hydrogens is 418 g/mol. The largest absolute Gasteiger partial charge is 0.490 e. The number of nitrogens with one attached hydrogen (secondary N) is 3. The topological polar surface area (TPSA) is 88.7 Å². The number of benzene rings is 3. The summed E-state index contributed by atoms with van der Waals surface area (Å²) in [5.74, 6) is 1.28. The highest BCUT2D eigenvalue weighted by atomic mass is 16.5. The van der Waals surface area contributed by atoms with Gasteiger partial charge in [-0.25, -0.2) is 0 Å². The Labute approximate surface area is 194 Å². The van der Waals surface area contributed by atoms with Gasteiger partial charge in [0, 0.05) is 23.5 Å². The number of amides is 2. The Balaban J connectivity index is 1.42. The summed E-state index contributed by atoms with van der Waals surface area (Å²) in [6.07, 6.45) is 0.394. The minimum absolute atomic E-state index is 0.0700. The van der Waals surface area contributed by atoms with Crippen molar-refractivity contribution in [2.75, 3.05) is 35.7 Å². The molecule has 0 aliphatic rings. The fourth-order valence-corrected chi connectivity index (χ4v) is 3.03. The highest BCUT2D eigenvalue weighted by Crippen LogP contribution is 2.23. The Morgan fingerprint density at radius 3 is 1.91 bits per heavy atom. The van der Waals surface area contributed by atoms with E-state index in [1.807, 2.05) is 73.7 Å². The zero-order chi connectivity index (χ0) is 23.5. The van der Waals surface area contributed by atoms with E-state index < -0.39 is 0 Å². The van der Waals surface area contributed by atoms with Crippen LogP contribution >= 0.6 is 0 Å². The molecule has 172 valence electrons. The van der Waals surface area contributed by atoms with Gasteiger partial charge in [-0.05, 0) is 61.0 Å². The van der Waals surface area contributed by atoms with E-state index >= 15 is 0 Å². The molecule has 33 heavy (non-hydrogen) atoms. The van der Waals surface area contributed by atoms with Crippen LogP contribution < -0.4 is 25.4 Å². The summed E-state index contributed by atoms with van der Waals surface area (Å²) >= 11 is 0. The lowest BCUT2D eigenvalue weighted by atomic mass is 10.1. The van der Waals surface area contributed by atoms with Crippen LogP contribution in [0.1, 0.15) is 18.9 Å². The summed E-state index contributed by atoms with van der Waals surface area (Å²) in [6, 6.07) is 22.4. The van der Waals surface area contributed by atoms with Crippen molar-refractivity contribution in [3.05, 3.63) is 78.4 Å². The number of hydrogen-bond acceptors (Lipinski definition) is 5. The number of ether oxygens (including phenoxy) is 2. The van der Waals surface area contributed by atoms with Gasteiger partial charge in [0.05, 0.1) is 6.54 Å². The average molecular weight is 448 g/mol. The Bertz CT molecular complexity index is 1050. The first-order valence-corrected chi connectivity index (χ1v) is 10.9. The van der Waals surface area contributed by atoms with Gasteiger partial charge < -0.3 is 25.4 Å². The van der Waals surface area contributed by atoms with Gasteiger partial charge >= 0.3 is 0 Å². The Kier molecular flexibility index (Phi) is 8.71. The minimum Gasteiger partial charge on any atom is -0.490 e. The van der Waals surface area contributed by atoms with E-state index in [-0.39, 0.29) is 18.4 Å². The van der Waals surface area contributed by atoms with Gasteiger partial charge in [-0.2, -0.15) is 0 Å². The second-order valence-electron chi connectivity index (χ2n) is 7.32. The molecule has 2 amide bonds. The Hall–Kier alpha value is -4.00. The molecule has 0 unspecified atom stereocenters. The van der Waals surface area contributed by atoms with Crippen molar-refractivity contribution in [2.45, 2.75) is 20.3 Å². The van der Waals surface area contributed by atoms with Gasteiger partial charge in [0.2, 0.25) is 11.8 Å². The molecule has 3 aromatic carbocycles. The van der Waals surface area contributed by atoms with E-state index in [4.69, 9.17) is 9.47 Å². The van der Waals surface area contributed by atoms with Gasteiger partial charge in [0.15, 0.2) is 0 Å². The van der Waals surface area contributed by atoms with Crippen molar-refractivity contribution in [1.82, 2.24) is 0 Å². The van der Waals surface area contributed by atoms with Gasteiger partial charge in [-0.3, -0.25) is 9.59 Å². The molecular formula is C26H29N3O4. The fourth-order valence-electron chi connectivity index (χ4n) is 3.03. The summed E-state index contributed by atoms with van der Waals surface area (Å²) in [5.41, 5.74) is 2.97. The van der Waals surface area contributed by atoms with E-state index in [9.17, 15) is 9.59 Å². The van der Waals surface area contributed by atoms with Crippen LogP contribution in [0.15, 0.2) is 72.8 Å². The Morgan fingerprint density at radius 1 is 0.727 bits per heavy atom. The van der Waals surface area contributed by atoms with E-state index in [0.717, 1.165) is 22.7 Å². The predicted molar refractivity (Wildman–Crippen MR) is 131 cm³/mol. The van der Waals surface area contributed by atoms with Gasteiger partial charge in [-0.15, -0.1) is 0 Å². The zero-order valence-electron chi connectivity index (χ0n) is 18.9. The molecule has 0 aliphatic heterocycles. The summed E-state index contributed by atoms with van der Waals surface area (Å²) in [7, 11) is 0. The number of para-hydroxylation sites is 1. The molecule has 3 rings (SSSR count). The molecule has 3 aromatic rings. The third-order valence-electron chi connectivity index (χ3n) is 4.87. The lowest BCUT2D eigenvalue weighted by Gasteiger charge is -2.14. The first kappa shape index (κ1) is 23.7. The standard InChI is InChI=1S/C26H29N3O4/c1-3-25(30)28-23-10-7-11-24(19(23)2)29-26(31)18-27-20-12-14-22(15-13-20)33-17-16-32-21-8-5-4-6-9-21/h4-15,27H,3,16-18H2,1-2H3,(H,28,30)(H,29,31). The quantitative estimate of drug-likeness (QED) is 0.366. The van der Waals surface area contributed by atoms with Crippen molar-refractivity contribution in [3.8, 4) is 11.5 Å². The smallest absolute Gasteiger partial charge is 0.243 e. The summed E-state index contributed by atoms with van der Waals surface area (Å²) in [4.78, 5) is 24.0. The molecule has 0 saturated carbocycles. The normalized spacial score (nSPS) is 10.2. The van der Waals surface area contributed by atoms with E-state index in [0.29, 0.717) is 31.0 Å². The van der Waals surface area contributed by atoms with Gasteiger partial charge in [-0.1, -0.05) is 31.2 Å². The maximum Gasteiger partial charge on any atom is 0.243 e. The van der Waals surface area contributed by atoms with E-state index in [1.165, 1.54) is 0 Å². The highest BCUT2D eigenvalue weighted by molar-refractivity contribution is 5.97. The van der Waals surface area contributed by atoms with Crippen LogP contribution in [-0.2, 0) is 9.59 Å². The molecule has 0 aromatic heterocycles. The highest BCUT2D eigenvalue weighted by Gasteiger charge is 2.09. The molecule has 7 heteroatoms. The van der Waals surface area contributed by atoms with Crippen LogP contribution in [0.5, 0.6) is 11.5 Å². The van der Waals surface area contributed by atoms with Gasteiger partial charge in [0.1, 0.15) is 24.7 Å². The molecule has 7 nitrogen and oxygen atoms in total. The maximum atomic E-state index is 12.4. The predicted octanol–water partition coefficient (Wildman–Crippen LogP) is 4.85. The van der Waals surface area contributed by atoms with Crippen LogP contribution in [0.3, 0.4) is 0 Å². The van der Waals surface area contributed by atoms with Crippen LogP contribution in [0.25, 0.3) is 0 Å². The first-order chi connectivity index (χ1) is 16.0. The number of carbonyl (C=O) groups excluding carboxylic acids is 2. The van der Waals surface area contributed by atoms with Gasteiger partial charge in [0.25, 0.3) is 0 Å². The zero-order valence-corrected chi connectivity index (χ0v) is 18.9. The molecule has 0 bridgehead atoms. The molecule has 3 N–H and O–H groups in total. The van der Waals surface area contributed by atoms with E-state index in [1.54, 1.807) is 13.0 Å². The lowest BCUT2D eigenvalue weighted by Crippen LogP contribution is -2.22. The number of hydrogen-bond donors (Lipinski definition) is 3. The number of anilines is 3.